The third kappa shape index (κ3) is 5.39. The van der Waals surface area contributed by atoms with Gasteiger partial charge in [-0.2, -0.15) is 0 Å². The van der Waals surface area contributed by atoms with E-state index in [0.29, 0.717) is 24.4 Å². The van der Waals surface area contributed by atoms with Crippen molar-refractivity contribution in [1.29, 1.82) is 0 Å². The number of hydrogen-bond donors (Lipinski definition) is 2. The lowest BCUT2D eigenvalue weighted by molar-refractivity contribution is -0.132. The van der Waals surface area contributed by atoms with E-state index in [-0.39, 0.29) is 17.7 Å². The van der Waals surface area contributed by atoms with Crippen LogP contribution in [-0.2, 0) is 9.59 Å². The quantitative estimate of drug-likeness (QED) is 0.474. The Labute approximate surface area is 135 Å². The molecule has 1 saturated carbocycles. The fourth-order valence-corrected chi connectivity index (χ4v) is 2.66. The van der Waals surface area contributed by atoms with E-state index in [1.165, 1.54) is 13.0 Å². The molecule has 2 N–H and O–H groups in total. The van der Waals surface area contributed by atoms with Gasteiger partial charge in [-0.25, -0.2) is 0 Å². The van der Waals surface area contributed by atoms with Gasteiger partial charge < -0.3 is 15.4 Å². The van der Waals surface area contributed by atoms with Crippen molar-refractivity contribution >= 4 is 17.8 Å². The molecular formula is C17H22N2O4. The molecule has 124 valence electrons. The van der Waals surface area contributed by atoms with E-state index in [2.05, 4.69) is 10.6 Å². The number of rotatable bonds is 6. The number of benzene rings is 1. The van der Waals surface area contributed by atoms with Gasteiger partial charge in [0.2, 0.25) is 5.91 Å². The van der Waals surface area contributed by atoms with Crippen LogP contribution in [0.25, 0.3) is 0 Å². The monoisotopic (exact) mass is 318 g/mol. The number of nitrogens with one attached hydrogen (secondary N) is 2. The lowest BCUT2D eigenvalue weighted by Crippen LogP contribution is -2.37. The molecule has 1 fully saturated rings. The second-order valence-corrected chi connectivity index (χ2v) is 5.65. The van der Waals surface area contributed by atoms with Crippen LogP contribution >= 0.6 is 0 Å². The van der Waals surface area contributed by atoms with E-state index in [9.17, 15) is 14.4 Å². The molecule has 0 spiro atoms. The summed E-state index contributed by atoms with van der Waals surface area (Å²) in [6, 6.07) is 6.41. The summed E-state index contributed by atoms with van der Waals surface area (Å²) in [6.07, 6.45) is 4.16. The van der Waals surface area contributed by atoms with Crippen LogP contribution in [0.2, 0.25) is 0 Å². The fraction of sp³-hybridized carbons (Fsp3) is 0.471. The predicted molar refractivity (Wildman–Crippen MR) is 85.1 cm³/mol. The summed E-state index contributed by atoms with van der Waals surface area (Å²) in [5, 5.41) is 5.58. The van der Waals surface area contributed by atoms with Gasteiger partial charge in [0.05, 0.1) is 0 Å². The van der Waals surface area contributed by atoms with Crippen molar-refractivity contribution in [2.75, 3.05) is 13.1 Å². The maximum Gasteiger partial charge on any atom is 0.308 e. The van der Waals surface area contributed by atoms with E-state index in [4.69, 9.17) is 4.74 Å². The molecular weight excluding hydrogens is 296 g/mol. The zero-order chi connectivity index (χ0) is 16.7. The topological polar surface area (TPSA) is 84.5 Å². The molecule has 6 nitrogen and oxygen atoms in total. The molecule has 23 heavy (non-hydrogen) atoms. The molecule has 0 aliphatic heterocycles. The van der Waals surface area contributed by atoms with Gasteiger partial charge in [0.25, 0.3) is 5.91 Å². The Hall–Kier alpha value is -2.37. The van der Waals surface area contributed by atoms with E-state index in [0.717, 1.165) is 25.7 Å². The lowest BCUT2D eigenvalue weighted by Gasteiger charge is -2.11. The largest absolute Gasteiger partial charge is 0.427 e. The number of carbonyl (C=O) groups excluding carboxylic acids is 3. The van der Waals surface area contributed by atoms with Crippen LogP contribution in [0.4, 0.5) is 0 Å². The number of carbonyl (C=O) groups is 3. The first-order chi connectivity index (χ1) is 11.1. The van der Waals surface area contributed by atoms with Crippen LogP contribution in [0.1, 0.15) is 43.0 Å². The molecule has 2 amide bonds. The van der Waals surface area contributed by atoms with Crippen LogP contribution in [0, 0.1) is 5.92 Å². The maximum absolute atomic E-state index is 12.0. The summed E-state index contributed by atoms with van der Waals surface area (Å²) >= 11 is 0. The van der Waals surface area contributed by atoms with Crippen molar-refractivity contribution in [2.45, 2.75) is 32.6 Å². The van der Waals surface area contributed by atoms with Gasteiger partial charge in [0, 0.05) is 31.5 Å². The van der Waals surface area contributed by atoms with E-state index in [1.54, 1.807) is 18.2 Å². The third-order valence-electron chi connectivity index (χ3n) is 3.79. The zero-order valence-corrected chi connectivity index (χ0v) is 13.3. The normalized spacial score (nSPS) is 14.3. The summed E-state index contributed by atoms with van der Waals surface area (Å²) < 4.78 is 4.94. The highest BCUT2D eigenvalue weighted by molar-refractivity contribution is 5.94. The van der Waals surface area contributed by atoms with Crippen molar-refractivity contribution < 1.29 is 19.1 Å². The SMILES string of the molecule is CC(=O)Oc1cccc(C(=O)NCCNC(=O)C2CCCC2)c1. The minimum atomic E-state index is -0.433. The van der Waals surface area contributed by atoms with Crippen molar-refractivity contribution in [3.8, 4) is 5.75 Å². The summed E-state index contributed by atoms with van der Waals surface area (Å²) in [5.41, 5.74) is 0.408. The van der Waals surface area contributed by atoms with E-state index < -0.39 is 5.97 Å². The lowest BCUT2D eigenvalue weighted by atomic mass is 10.1. The highest BCUT2D eigenvalue weighted by atomic mass is 16.5. The number of ether oxygens (including phenoxy) is 1. The summed E-state index contributed by atoms with van der Waals surface area (Å²) in [6.45, 7) is 2.07. The van der Waals surface area contributed by atoms with Crippen molar-refractivity contribution in [2.24, 2.45) is 5.92 Å². The number of hydrogen-bond acceptors (Lipinski definition) is 4. The van der Waals surface area contributed by atoms with Crippen LogP contribution in [0.15, 0.2) is 24.3 Å². The standard InChI is InChI=1S/C17H22N2O4/c1-12(20)23-15-8-4-7-14(11-15)17(22)19-10-9-18-16(21)13-5-2-3-6-13/h4,7-8,11,13H,2-3,5-6,9-10H2,1H3,(H,18,21)(H,19,22). The first-order valence-corrected chi connectivity index (χ1v) is 7.90. The molecule has 1 aliphatic carbocycles. The van der Waals surface area contributed by atoms with Gasteiger partial charge in [0.1, 0.15) is 5.75 Å². The highest BCUT2D eigenvalue weighted by Gasteiger charge is 2.21. The Bertz CT molecular complexity index is 580. The zero-order valence-electron chi connectivity index (χ0n) is 13.3. The highest BCUT2D eigenvalue weighted by Crippen LogP contribution is 2.24. The first kappa shape index (κ1) is 17.0. The molecule has 0 atom stereocenters. The van der Waals surface area contributed by atoms with Crippen molar-refractivity contribution in [3.05, 3.63) is 29.8 Å². The van der Waals surface area contributed by atoms with Crippen LogP contribution < -0.4 is 15.4 Å². The molecule has 1 aromatic rings. The second kappa shape index (κ2) is 8.31. The number of esters is 1. The van der Waals surface area contributed by atoms with Gasteiger partial charge in [-0.3, -0.25) is 14.4 Å². The third-order valence-corrected chi connectivity index (χ3v) is 3.79. The molecule has 2 rings (SSSR count). The Kier molecular flexibility index (Phi) is 6.14. The Morgan fingerprint density at radius 2 is 1.83 bits per heavy atom. The summed E-state index contributed by atoms with van der Waals surface area (Å²) in [5.74, 6) is -0.161. The first-order valence-electron chi connectivity index (χ1n) is 7.90. The van der Waals surface area contributed by atoms with Gasteiger partial charge in [-0.1, -0.05) is 18.9 Å². The average Bonchev–Trinajstić information content (AvgIpc) is 3.05. The molecule has 0 saturated heterocycles. The Balaban J connectivity index is 1.74. The van der Waals surface area contributed by atoms with Gasteiger partial charge in [0.15, 0.2) is 0 Å². The van der Waals surface area contributed by atoms with Gasteiger partial charge >= 0.3 is 5.97 Å². The van der Waals surface area contributed by atoms with Gasteiger partial charge in [-0.05, 0) is 31.0 Å². The predicted octanol–water partition coefficient (Wildman–Crippen LogP) is 1.65. The molecule has 6 heteroatoms. The average molecular weight is 318 g/mol. The minimum Gasteiger partial charge on any atom is -0.427 e. The second-order valence-electron chi connectivity index (χ2n) is 5.65. The molecule has 0 radical (unpaired) electrons. The van der Waals surface area contributed by atoms with Crippen LogP contribution in [0.3, 0.4) is 0 Å². The van der Waals surface area contributed by atoms with E-state index >= 15 is 0 Å². The maximum atomic E-state index is 12.0. The summed E-state index contributed by atoms with van der Waals surface area (Å²) in [4.78, 5) is 34.8. The van der Waals surface area contributed by atoms with Crippen molar-refractivity contribution in [3.63, 3.8) is 0 Å². The Morgan fingerprint density at radius 3 is 2.52 bits per heavy atom. The smallest absolute Gasteiger partial charge is 0.308 e. The van der Waals surface area contributed by atoms with Crippen LogP contribution in [0.5, 0.6) is 5.75 Å². The summed E-state index contributed by atoms with van der Waals surface area (Å²) in [7, 11) is 0. The molecule has 0 bridgehead atoms. The molecule has 0 unspecified atom stereocenters. The molecule has 1 aliphatic rings. The molecule has 1 aromatic carbocycles. The fourth-order valence-electron chi connectivity index (χ4n) is 2.66. The van der Waals surface area contributed by atoms with Crippen LogP contribution in [-0.4, -0.2) is 30.9 Å². The number of amides is 2. The van der Waals surface area contributed by atoms with E-state index in [1.807, 2.05) is 0 Å². The molecule has 0 aromatic heterocycles. The Morgan fingerprint density at radius 1 is 1.13 bits per heavy atom. The molecule has 0 heterocycles. The van der Waals surface area contributed by atoms with Gasteiger partial charge in [-0.15, -0.1) is 0 Å². The minimum absolute atomic E-state index is 0.0774. The van der Waals surface area contributed by atoms with Crippen molar-refractivity contribution in [1.82, 2.24) is 10.6 Å².